The molecule has 3 rings (SSSR count). The zero-order valence-corrected chi connectivity index (χ0v) is 13.7. The summed E-state index contributed by atoms with van der Waals surface area (Å²) in [4.78, 5) is 11.9. The van der Waals surface area contributed by atoms with Crippen LogP contribution >= 0.6 is 0 Å². The van der Waals surface area contributed by atoms with Gasteiger partial charge in [-0.25, -0.2) is 0 Å². The predicted octanol–water partition coefficient (Wildman–Crippen LogP) is 3.33. The molecule has 1 saturated heterocycles. The minimum atomic E-state index is 0.509. The molecule has 1 fully saturated rings. The van der Waals surface area contributed by atoms with Gasteiger partial charge in [-0.1, -0.05) is 6.08 Å². The molecule has 2 unspecified atom stereocenters. The quantitative estimate of drug-likeness (QED) is 0.880. The molecule has 1 aliphatic rings. The molecule has 118 valence electrons. The van der Waals surface area contributed by atoms with Crippen LogP contribution in [-0.2, 0) is 7.05 Å². The second-order valence-corrected chi connectivity index (χ2v) is 6.24. The van der Waals surface area contributed by atoms with Crippen LogP contribution in [-0.4, -0.2) is 33.2 Å². The van der Waals surface area contributed by atoms with E-state index in [0.717, 1.165) is 16.9 Å². The highest BCUT2D eigenvalue weighted by Crippen LogP contribution is 2.33. The summed E-state index contributed by atoms with van der Waals surface area (Å²) in [6, 6.07) is 3.14. The number of aryl methyl sites for hydroxylation is 1. The summed E-state index contributed by atoms with van der Waals surface area (Å²) in [6.07, 6.45) is 7.61. The molecule has 0 aliphatic carbocycles. The summed E-state index contributed by atoms with van der Waals surface area (Å²) in [5.74, 6) is 1.73. The Hall–Kier alpha value is -2.04. The molecule has 2 aromatic rings. The smallest absolute Gasteiger partial charge is 0.226 e. The third-order valence-electron chi connectivity index (χ3n) is 4.55. The number of rotatable bonds is 4. The van der Waals surface area contributed by atoms with Crippen LogP contribution in [0, 0.1) is 0 Å². The molecule has 0 bridgehead atoms. The van der Waals surface area contributed by atoms with Gasteiger partial charge < -0.3 is 14.8 Å². The molecule has 1 N–H and O–H groups in total. The monoisotopic (exact) mass is 299 g/mol. The largest absolute Gasteiger partial charge is 0.351 e. The predicted molar refractivity (Wildman–Crippen MR) is 92.4 cm³/mol. The Kier molecular flexibility index (Phi) is 4.05. The highest BCUT2D eigenvalue weighted by atomic mass is 15.3. The number of fused-ring (bicyclic) bond motifs is 1. The SMILES string of the molecule is C=CCNc1nc(N2C(C)CCCC2C)c2ccn(C)c2n1. The summed E-state index contributed by atoms with van der Waals surface area (Å²) < 4.78 is 2.05. The minimum Gasteiger partial charge on any atom is -0.351 e. The van der Waals surface area contributed by atoms with E-state index >= 15 is 0 Å². The average molecular weight is 299 g/mol. The van der Waals surface area contributed by atoms with Crippen molar-refractivity contribution < 1.29 is 0 Å². The molecule has 0 amide bonds. The van der Waals surface area contributed by atoms with E-state index in [1.54, 1.807) is 0 Å². The maximum atomic E-state index is 4.82. The Balaban J connectivity index is 2.11. The van der Waals surface area contributed by atoms with Gasteiger partial charge in [0.1, 0.15) is 11.5 Å². The van der Waals surface area contributed by atoms with Gasteiger partial charge >= 0.3 is 0 Å². The normalized spacial score (nSPS) is 22.0. The van der Waals surface area contributed by atoms with Gasteiger partial charge in [-0.2, -0.15) is 9.97 Å². The lowest BCUT2D eigenvalue weighted by Gasteiger charge is -2.40. The van der Waals surface area contributed by atoms with E-state index in [1.165, 1.54) is 19.3 Å². The van der Waals surface area contributed by atoms with Gasteiger partial charge in [-0.15, -0.1) is 6.58 Å². The van der Waals surface area contributed by atoms with Crippen molar-refractivity contribution in [2.75, 3.05) is 16.8 Å². The second kappa shape index (κ2) is 5.99. The number of aromatic nitrogens is 3. The molecule has 22 heavy (non-hydrogen) atoms. The van der Waals surface area contributed by atoms with Crippen LogP contribution in [0.1, 0.15) is 33.1 Å². The number of nitrogens with zero attached hydrogens (tertiary/aromatic N) is 4. The highest BCUT2D eigenvalue weighted by Gasteiger charge is 2.28. The fraction of sp³-hybridized carbons (Fsp3) is 0.529. The molecule has 2 atom stereocenters. The van der Waals surface area contributed by atoms with Gasteiger partial charge in [0.2, 0.25) is 5.95 Å². The van der Waals surface area contributed by atoms with Crippen molar-refractivity contribution in [3.05, 3.63) is 24.9 Å². The zero-order chi connectivity index (χ0) is 15.7. The molecule has 1 aliphatic heterocycles. The van der Waals surface area contributed by atoms with Gasteiger partial charge in [-0.3, -0.25) is 0 Å². The first-order valence-electron chi connectivity index (χ1n) is 8.08. The fourth-order valence-electron chi connectivity index (χ4n) is 3.40. The van der Waals surface area contributed by atoms with Gasteiger partial charge in [0.25, 0.3) is 0 Å². The van der Waals surface area contributed by atoms with E-state index in [9.17, 15) is 0 Å². The Labute approximate surface area is 132 Å². The number of nitrogens with one attached hydrogen (secondary N) is 1. The molecule has 0 spiro atoms. The Morgan fingerprint density at radius 1 is 1.32 bits per heavy atom. The molecule has 2 aromatic heterocycles. The number of anilines is 2. The van der Waals surface area contributed by atoms with Crippen molar-refractivity contribution in [2.45, 2.75) is 45.2 Å². The van der Waals surface area contributed by atoms with Crippen molar-refractivity contribution >= 4 is 22.8 Å². The topological polar surface area (TPSA) is 46.0 Å². The minimum absolute atomic E-state index is 0.509. The molecule has 0 radical (unpaired) electrons. The maximum Gasteiger partial charge on any atom is 0.226 e. The summed E-state index contributed by atoms with van der Waals surface area (Å²) in [5, 5.41) is 4.36. The number of hydrogen-bond donors (Lipinski definition) is 1. The van der Waals surface area contributed by atoms with Crippen LogP contribution in [0.4, 0.5) is 11.8 Å². The van der Waals surface area contributed by atoms with Gasteiger partial charge in [0, 0.05) is 31.9 Å². The molecule has 5 nitrogen and oxygen atoms in total. The third-order valence-corrected chi connectivity index (χ3v) is 4.55. The lowest BCUT2D eigenvalue weighted by atomic mass is 9.97. The molecule has 0 aromatic carbocycles. The standard InChI is InChI=1S/C17H25N5/c1-5-10-18-17-19-15-14(9-11-21(15)4)16(20-17)22-12(2)7-6-8-13(22)3/h5,9,11-13H,1,6-8,10H2,2-4H3,(H,18,19,20). The van der Waals surface area contributed by atoms with Crippen LogP contribution in [0.5, 0.6) is 0 Å². The van der Waals surface area contributed by atoms with Crippen LogP contribution in [0.15, 0.2) is 24.9 Å². The van der Waals surface area contributed by atoms with Crippen LogP contribution in [0.2, 0.25) is 0 Å². The Morgan fingerprint density at radius 2 is 2.05 bits per heavy atom. The summed E-state index contributed by atoms with van der Waals surface area (Å²) in [7, 11) is 2.03. The van der Waals surface area contributed by atoms with Crippen molar-refractivity contribution in [2.24, 2.45) is 7.05 Å². The van der Waals surface area contributed by atoms with Gasteiger partial charge in [0.05, 0.1) is 5.39 Å². The van der Waals surface area contributed by atoms with Crippen LogP contribution in [0.25, 0.3) is 11.0 Å². The van der Waals surface area contributed by atoms with E-state index in [1.807, 2.05) is 13.1 Å². The molecule has 5 heteroatoms. The first-order chi connectivity index (χ1) is 10.6. The summed E-state index contributed by atoms with van der Waals surface area (Å²) >= 11 is 0. The van der Waals surface area contributed by atoms with E-state index in [-0.39, 0.29) is 0 Å². The average Bonchev–Trinajstić information content (AvgIpc) is 2.86. The summed E-state index contributed by atoms with van der Waals surface area (Å²) in [5.41, 5.74) is 0.974. The van der Waals surface area contributed by atoms with Crippen molar-refractivity contribution in [3.63, 3.8) is 0 Å². The highest BCUT2D eigenvalue weighted by molar-refractivity contribution is 5.89. The van der Waals surface area contributed by atoms with Crippen LogP contribution < -0.4 is 10.2 Å². The molecule has 0 saturated carbocycles. The van der Waals surface area contributed by atoms with E-state index in [0.29, 0.717) is 24.6 Å². The Bertz CT molecular complexity index is 665. The van der Waals surface area contributed by atoms with Crippen molar-refractivity contribution in [1.82, 2.24) is 14.5 Å². The van der Waals surface area contributed by atoms with Gasteiger partial charge in [-0.05, 0) is 39.2 Å². The molecular formula is C17H25N5. The van der Waals surface area contributed by atoms with Crippen LogP contribution in [0.3, 0.4) is 0 Å². The number of hydrogen-bond acceptors (Lipinski definition) is 4. The number of piperidine rings is 1. The third kappa shape index (κ3) is 2.56. The maximum absolute atomic E-state index is 4.82. The zero-order valence-electron chi connectivity index (χ0n) is 13.7. The van der Waals surface area contributed by atoms with E-state index in [4.69, 9.17) is 4.98 Å². The molecular weight excluding hydrogens is 274 g/mol. The fourth-order valence-corrected chi connectivity index (χ4v) is 3.40. The lowest BCUT2D eigenvalue weighted by molar-refractivity contribution is 0.412. The van der Waals surface area contributed by atoms with Crippen molar-refractivity contribution in [1.29, 1.82) is 0 Å². The lowest BCUT2D eigenvalue weighted by Crippen LogP contribution is -2.44. The first kappa shape index (κ1) is 14.9. The molecule has 3 heterocycles. The Morgan fingerprint density at radius 3 is 2.73 bits per heavy atom. The van der Waals surface area contributed by atoms with E-state index in [2.05, 4.69) is 52.5 Å². The summed E-state index contributed by atoms with van der Waals surface area (Å²) in [6.45, 7) is 9.01. The second-order valence-electron chi connectivity index (χ2n) is 6.24. The van der Waals surface area contributed by atoms with Gasteiger partial charge in [0.15, 0.2) is 0 Å². The van der Waals surface area contributed by atoms with Crippen molar-refractivity contribution in [3.8, 4) is 0 Å². The first-order valence-corrected chi connectivity index (χ1v) is 8.08. The van der Waals surface area contributed by atoms with E-state index < -0.39 is 0 Å².